The second-order valence-electron chi connectivity index (χ2n) is 8.91. The number of nitrogens with zero attached hydrogens (tertiary/aromatic N) is 1. The van der Waals surface area contributed by atoms with Crippen LogP contribution in [-0.4, -0.2) is 41.7 Å². The van der Waals surface area contributed by atoms with Crippen molar-refractivity contribution in [3.63, 3.8) is 0 Å². The number of carboxylic acids is 1. The van der Waals surface area contributed by atoms with Crippen LogP contribution in [0.4, 0.5) is 13.2 Å². The highest BCUT2D eigenvalue weighted by atomic mass is 19.4. The number of amides is 1. The first-order valence-corrected chi connectivity index (χ1v) is 11.8. The normalized spacial score (nSPS) is 16.7. The number of carbonyl (C=O) groups excluding carboxylic acids is 1. The molecule has 1 aromatic carbocycles. The number of alkyl halides is 3. The molecule has 0 fully saturated rings. The van der Waals surface area contributed by atoms with Crippen LogP contribution in [0.15, 0.2) is 52.5 Å². The second kappa shape index (κ2) is 11.1. The molecule has 0 aliphatic heterocycles. The molecule has 0 saturated carbocycles. The number of carbonyl (C=O) groups is 2. The topological polar surface area (TPSA) is 80.0 Å². The highest BCUT2D eigenvalue weighted by molar-refractivity contribution is 5.94. The molecule has 6 nitrogen and oxygen atoms in total. The quantitative estimate of drug-likeness (QED) is 0.424. The van der Waals surface area contributed by atoms with Crippen molar-refractivity contribution in [2.45, 2.75) is 52.3 Å². The van der Waals surface area contributed by atoms with E-state index in [-0.39, 0.29) is 25.3 Å². The third-order valence-electron chi connectivity index (χ3n) is 6.19. The Labute approximate surface area is 208 Å². The Kier molecular flexibility index (Phi) is 8.32. The molecule has 1 aliphatic rings. The minimum Gasteiger partial charge on any atom is -0.486 e. The number of aryl methyl sites for hydroxylation is 1. The van der Waals surface area contributed by atoms with E-state index < -0.39 is 29.7 Å². The molecule has 2 unspecified atom stereocenters. The van der Waals surface area contributed by atoms with E-state index in [0.29, 0.717) is 34.8 Å². The lowest BCUT2D eigenvalue weighted by Crippen LogP contribution is -2.28. The zero-order chi connectivity index (χ0) is 26.6. The van der Waals surface area contributed by atoms with Crippen LogP contribution in [0.1, 0.15) is 67.2 Å². The Hall–Kier alpha value is -3.49. The van der Waals surface area contributed by atoms with Crippen LogP contribution in [0.2, 0.25) is 0 Å². The van der Waals surface area contributed by atoms with E-state index in [4.69, 9.17) is 14.3 Å². The van der Waals surface area contributed by atoms with E-state index in [2.05, 4.69) is 0 Å². The first-order valence-electron chi connectivity index (χ1n) is 11.8. The predicted molar refractivity (Wildman–Crippen MR) is 129 cm³/mol. The van der Waals surface area contributed by atoms with Crippen molar-refractivity contribution in [3.05, 3.63) is 70.7 Å². The maximum Gasteiger partial charge on any atom is 0.412 e. The lowest BCUT2D eigenvalue weighted by Gasteiger charge is -2.22. The number of allylic oxidation sites excluding steroid dienone is 4. The number of hydrogen-bond acceptors (Lipinski definition) is 4. The van der Waals surface area contributed by atoms with Gasteiger partial charge in [0.05, 0.1) is 6.42 Å². The van der Waals surface area contributed by atoms with Crippen molar-refractivity contribution < 1.29 is 37.0 Å². The average molecular weight is 506 g/mol. The van der Waals surface area contributed by atoms with Crippen molar-refractivity contribution in [2.24, 2.45) is 5.92 Å². The summed E-state index contributed by atoms with van der Waals surface area (Å²) in [5.74, 6) is -0.170. The highest BCUT2D eigenvalue weighted by Gasteiger charge is 2.38. The molecule has 2 atom stereocenters. The van der Waals surface area contributed by atoms with Gasteiger partial charge in [-0.05, 0) is 55.2 Å². The summed E-state index contributed by atoms with van der Waals surface area (Å²) in [4.78, 5) is 24.5. The molecule has 194 valence electrons. The molecule has 0 radical (unpaired) electrons. The zero-order valence-electron chi connectivity index (χ0n) is 20.7. The van der Waals surface area contributed by atoms with Crippen molar-refractivity contribution in [1.29, 1.82) is 0 Å². The number of hydrogen-bond donors (Lipinski definition) is 1. The lowest BCUT2D eigenvalue weighted by molar-refractivity contribution is -0.137. The summed E-state index contributed by atoms with van der Waals surface area (Å²) in [6.07, 6.45) is -1.47. The average Bonchev–Trinajstić information content (AvgIpc) is 3.26. The van der Waals surface area contributed by atoms with Crippen LogP contribution >= 0.6 is 0 Å². The molecule has 1 aromatic heterocycles. The van der Waals surface area contributed by atoms with Gasteiger partial charge in [-0.1, -0.05) is 26.0 Å². The molecule has 1 N–H and O–H groups in total. The summed E-state index contributed by atoms with van der Waals surface area (Å²) in [6.45, 7) is 5.45. The molecule has 0 saturated heterocycles. The SMILES string of the molecule is CCc1oc(C2=CC=C(C(F)(F)F)C(C)C2)cc1C(C)Oc1ccc(C(=O)N(C)CCC(=O)O)cc1. The minimum absolute atomic E-state index is 0.106. The zero-order valence-corrected chi connectivity index (χ0v) is 20.7. The van der Waals surface area contributed by atoms with Gasteiger partial charge in [0.1, 0.15) is 23.4 Å². The fourth-order valence-electron chi connectivity index (χ4n) is 4.17. The number of rotatable bonds is 9. The van der Waals surface area contributed by atoms with E-state index in [1.54, 1.807) is 38.2 Å². The molecule has 1 aliphatic carbocycles. The number of aliphatic carboxylic acids is 1. The first-order chi connectivity index (χ1) is 16.9. The van der Waals surface area contributed by atoms with Crippen molar-refractivity contribution in [3.8, 4) is 5.75 Å². The van der Waals surface area contributed by atoms with Crippen LogP contribution in [0.5, 0.6) is 5.75 Å². The van der Waals surface area contributed by atoms with Gasteiger partial charge >= 0.3 is 12.1 Å². The van der Waals surface area contributed by atoms with Gasteiger partial charge in [-0.15, -0.1) is 0 Å². The van der Waals surface area contributed by atoms with E-state index in [9.17, 15) is 22.8 Å². The molecule has 3 rings (SSSR count). The number of benzene rings is 1. The van der Waals surface area contributed by atoms with Crippen LogP contribution in [0.3, 0.4) is 0 Å². The third kappa shape index (κ3) is 6.38. The molecule has 9 heteroatoms. The van der Waals surface area contributed by atoms with E-state index in [0.717, 1.165) is 11.6 Å². The van der Waals surface area contributed by atoms with Gasteiger partial charge in [0, 0.05) is 36.7 Å². The van der Waals surface area contributed by atoms with Crippen molar-refractivity contribution in [1.82, 2.24) is 4.90 Å². The van der Waals surface area contributed by atoms with E-state index >= 15 is 0 Å². The molecule has 1 heterocycles. The van der Waals surface area contributed by atoms with Crippen LogP contribution in [-0.2, 0) is 11.2 Å². The lowest BCUT2D eigenvalue weighted by atomic mass is 9.87. The van der Waals surface area contributed by atoms with Gasteiger partial charge in [0.25, 0.3) is 5.91 Å². The summed E-state index contributed by atoms with van der Waals surface area (Å²) in [5, 5.41) is 8.79. The van der Waals surface area contributed by atoms with E-state index in [1.165, 1.54) is 11.0 Å². The first kappa shape index (κ1) is 27.1. The van der Waals surface area contributed by atoms with Gasteiger partial charge in [-0.2, -0.15) is 13.2 Å². The predicted octanol–water partition coefficient (Wildman–Crippen LogP) is 6.44. The maximum atomic E-state index is 13.1. The maximum absolute atomic E-state index is 13.1. The Morgan fingerprint density at radius 1 is 1.22 bits per heavy atom. The van der Waals surface area contributed by atoms with Gasteiger partial charge in [0.2, 0.25) is 0 Å². The smallest absolute Gasteiger partial charge is 0.412 e. The Balaban J connectivity index is 1.73. The largest absolute Gasteiger partial charge is 0.486 e. The third-order valence-corrected chi connectivity index (χ3v) is 6.19. The van der Waals surface area contributed by atoms with Crippen molar-refractivity contribution >= 4 is 17.4 Å². The second-order valence-corrected chi connectivity index (χ2v) is 8.91. The molecular weight excluding hydrogens is 475 g/mol. The molecular formula is C27H30F3NO5. The number of furan rings is 1. The fourth-order valence-corrected chi connectivity index (χ4v) is 4.17. The van der Waals surface area contributed by atoms with Crippen LogP contribution in [0, 0.1) is 5.92 Å². The summed E-state index contributed by atoms with van der Waals surface area (Å²) in [5.41, 5.74) is 1.38. The van der Waals surface area contributed by atoms with Crippen LogP contribution in [0.25, 0.3) is 5.57 Å². The standard InChI is InChI=1S/C27H30F3NO5/c1-5-23-21(15-24(36-23)19-8-11-22(16(2)14-19)27(28,29)30)17(3)35-20-9-6-18(7-10-20)26(34)31(4)13-12-25(32)33/h6-11,15-17H,5,12-14H2,1-4H3,(H,32,33). The van der Waals surface area contributed by atoms with E-state index in [1.807, 2.05) is 19.9 Å². The molecule has 2 aromatic rings. The number of ether oxygens (including phenoxy) is 1. The monoisotopic (exact) mass is 505 g/mol. The summed E-state index contributed by atoms with van der Waals surface area (Å²) >= 11 is 0. The van der Waals surface area contributed by atoms with Crippen LogP contribution < -0.4 is 4.74 Å². The molecule has 0 bridgehead atoms. The summed E-state index contributed by atoms with van der Waals surface area (Å²) < 4.78 is 51.5. The Bertz CT molecular complexity index is 1160. The summed E-state index contributed by atoms with van der Waals surface area (Å²) in [7, 11) is 1.54. The Morgan fingerprint density at radius 2 is 1.89 bits per heavy atom. The van der Waals surface area contributed by atoms with Crippen molar-refractivity contribution in [2.75, 3.05) is 13.6 Å². The molecule has 1 amide bonds. The minimum atomic E-state index is -4.35. The molecule has 36 heavy (non-hydrogen) atoms. The highest BCUT2D eigenvalue weighted by Crippen LogP contribution is 2.41. The van der Waals surface area contributed by atoms with Gasteiger partial charge in [0.15, 0.2) is 0 Å². The fraction of sp³-hybridized carbons (Fsp3) is 0.407. The number of carboxylic acid groups (broad SMARTS) is 1. The van der Waals surface area contributed by atoms with Gasteiger partial charge < -0.3 is 19.2 Å². The molecule has 0 spiro atoms. The van der Waals surface area contributed by atoms with Gasteiger partial charge in [-0.3, -0.25) is 9.59 Å². The number of halogens is 3. The Morgan fingerprint density at radius 3 is 2.44 bits per heavy atom. The van der Waals surface area contributed by atoms with Gasteiger partial charge in [-0.25, -0.2) is 0 Å². The summed E-state index contributed by atoms with van der Waals surface area (Å²) in [6, 6.07) is 8.38.